The van der Waals surface area contributed by atoms with Gasteiger partial charge in [-0.3, -0.25) is 0 Å². The molecule has 14 heavy (non-hydrogen) atoms. The second-order valence-corrected chi connectivity index (χ2v) is 3.76. The molecule has 0 saturated heterocycles. The molecule has 70 valence electrons. The lowest BCUT2D eigenvalue weighted by Gasteiger charge is -2.05. The third-order valence-electron chi connectivity index (χ3n) is 2.93. The average molecular weight is 184 g/mol. The molecule has 2 heteroatoms. The molecule has 3 rings (SSSR count). The van der Waals surface area contributed by atoms with Crippen molar-refractivity contribution >= 4 is 0 Å². The summed E-state index contributed by atoms with van der Waals surface area (Å²) < 4.78 is 0. The number of rotatable bonds is 1. The maximum Gasteiger partial charge on any atom is 0.0924 e. The molecule has 0 saturated carbocycles. The van der Waals surface area contributed by atoms with Crippen LogP contribution in [-0.4, -0.2) is 9.97 Å². The quantitative estimate of drug-likeness (QED) is 0.725. The summed E-state index contributed by atoms with van der Waals surface area (Å²) >= 11 is 0. The highest BCUT2D eigenvalue weighted by Gasteiger charge is 2.15. The molecule has 0 bridgehead atoms. The van der Waals surface area contributed by atoms with Gasteiger partial charge in [0.15, 0.2) is 0 Å². The molecule has 1 aliphatic carbocycles. The van der Waals surface area contributed by atoms with Gasteiger partial charge in [0.05, 0.1) is 18.2 Å². The number of H-pyrrole nitrogens is 1. The summed E-state index contributed by atoms with van der Waals surface area (Å²) in [5, 5.41) is 0. The number of fused-ring (bicyclic) bond motifs is 1. The maximum absolute atomic E-state index is 4.07. The fourth-order valence-corrected chi connectivity index (χ4v) is 2.28. The average Bonchev–Trinajstić information content (AvgIpc) is 2.88. The van der Waals surface area contributed by atoms with E-state index in [-0.39, 0.29) is 0 Å². The van der Waals surface area contributed by atoms with E-state index in [9.17, 15) is 0 Å². The summed E-state index contributed by atoms with van der Waals surface area (Å²) in [5.74, 6) is 0. The Balaban J connectivity index is 2.20. The van der Waals surface area contributed by atoms with Crippen LogP contribution < -0.4 is 0 Å². The van der Waals surface area contributed by atoms with Gasteiger partial charge in [-0.05, 0) is 30.4 Å². The van der Waals surface area contributed by atoms with Crippen LogP contribution in [0.1, 0.15) is 17.5 Å². The summed E-state index contributed by atoms with van der Waals surface area (Å²) in [6, 6.07) is 6.56. The Bertz CT molecular complexity index is 443. The fraction of sp³-hybridized carbons (Fsp3) is 0.250. The van der Waals surface area contributed by atoms with Crippen molar-refractivity contribution in [1.82, 2.24) is 9.97 Å². The topological polar surface area (TPSA) is 28.7 Å². The monoisotopic (exact) mass is 184 g/mol. The summed E-state index contributed by atoms with van der Waals surface area (Å²) in [7, 11) is 0. The van der Waals surface area contributed by atoms with Crippen molar-refractivity contribution in [2.75, 3.05) is 0 Å². The molecule has 0 fully saturated rings. The number of nitrogens with one attached hydrogen (secondary N) is 1. The summed E-state index contributed by atoms with van der Waals surface area (Å²) in [6.07, 6.45) is 7.37. The second kappa shape index (κ2) is 2.98. The molecule has 1 heterocycles. The van der Waals surface area contributed by atoms with Gasteiger partial charge in [0.2, 0.25) is 0 Å². The van der Waals surface area contributed by atoms with E-state index in [1.165, 1.54) is 36.0 Å². The highest BCUT2D eigenvalue weighted by Crippen LogP contribution is 2.30. The van der Waals surface area contributed by atoms with Crippen LogP contribution in [0.5, 0.6) is 0 Å². The molecule has 1 aromatic heterocycles. The van der Waals surface area contributed by atoms with E-state index in [0.717, 1.165) is 5.69 Å². The molecule has 0 amide bonds. The van der Waals surface area contributed by atoms with Crippen LogP contribution in [0.4, 0.5) is 0 Å². The summed E-state index contributed by atoms with van der Waals surface area (Å²) in [4.78, 5) is 7.24. The van der Waals surface area contributed by atoms with Crippen molar-refractivity contribution in [2.45, 2.75) is 19.3 Å². The zero-order chi connectivity index (χ0) is 9.38. The van der Waals surface area contributed by atoms with Gasteiger partial charge in [-0.2, -0.15) is 0 Å². The van der Waals surface area contributed by atoms with E-state index < -0.39 is 0 Å². The Hall–Kier alpha value is -1.57. The van der Waals surface area contributed by atoms with Crippen LogP contribution in [0.3, 0.4) is 0 Å². The van der Waals surface area contributed by atoms with Gasteiger partial charge in [-0.1, -0.05) is 18.2 Å². The Kier molecular flexibility index (Phi) is 1.66. The molecular weight excluding hydrogens is 172 g/mol. The van der Waals surface area contributed by atoms with Crippen molar-refractivity contribution in [2.24, 2.45) is 0 Å². The lowest BCUT2D eigenvalue weighted by molar-refractivity contribution is 0.912. The Morgan fingerprint density at radius 3 is 3.07 bits per heavy atom. The second-order valence-electron chi connectivity index (χ2n) is 3.76. The zero-order valence-electron chi connectivity index (χ0n) is 7.96. The number of imidazole rings is 1. The number of hydrogen-bond donors (Lipinski definition) is 1. The first-order valence-corrected chi connectivity index (χ1v) is 5.04. The smallest absolute Gasteiger partial charge is 0.0924 e. The van der Waals surface area contributed by atoms with Crippen LogP contribution in [0.15, 0.2) is 30.7 Å². The highest BCUT2D eigenvalue weighted by atomic mass is 14.9. The normalized spacial score (nSPS) is 14.3. The predicted molar refractivity (Wildman–Crippen MR) is 56.0 cm³/mol. The SMILES string of the molecule is c1cc2c(c(-c3cnc[nH]3)c1)CCC2. The third kappa shape index (κ3) is 1.07. The van der Waals surface area contributed by atoms with E-state index in [4.69, 9.17) is 0 Å². The Morgan fingerprint density at radius 2 is 2.21 bits per heavy atom. The number of aromatic nitrogens is 2. The first kappa shape index (κ1) is 7.80. The summed E-state index contributed by atoms with van der Waals surface area (Å²) in [5.41, 5.74) is 5.50. The number of aryl methyl sites for hydroxylation is 1. The van der Waals surface area contributed by atoms with Crippen LogP contribution in [-0.2, 0) is 12.8 Å². The van der Waals surface area contributed by atoms with E-state index in [1.807, 2.05) is 6.20 Å². The van der Waals surface area contributed by atoms with Gasteiger partial charge in [0.1, 0.15) is 0 Å². The molecule has 0 aliphatic heterocycles. The third-order valence-corrected chi connectivity index (χ3v) is 2.93. The standard InChI is InChI=1S/C12H12N2/c1-3-9-4-2-6-11(10(9)5-1)12-7-13-8-14-12/h2,4,6-8H,1,3,5H2,(H,13,14). The number of nitrogens with zero attached hydrogens (tertiary/aromatic N) is 1. The molecule has 1 aromatic carbocycles. The van der Waals surface area contributed by atoms with Gasteiger partial charge < -0.3 is 4.98 Å². The highest BCUT2D eigenvalue weighted by molar-refractivity contribution is 5.65. The Morgan fingerprint density at radius 1 is 1.21 bits per heavy atom. The van der Waals surface area contributed by atoms with E-state index in [0.29, 0.717) is 0 Å². The van der Waals surface area contributed by atoms with E-state index in [2.05, 4.69) is 28.2 Å². The molecule has 2 nitrogen and oxygen atoms in total. The van der Waals surface area contributed by atoms with Gasteiger partial charge in [-0.15, -0.1) is 0 Å². The molecule has 1 N–H and O–H groups in total. The first-order chi connectivity index (χ1) is 6.95. The minimum Gasteiger partial charge on any atom is -0.345 e. The zero-order valence-corrected chi connectivity index (χ0v) is 7.96. The van der Waals surface area contributed by atoms with Crippen LogP contribution in [0.25, 0.3) is 11.3 Å². The van der Waals surface area contributed by atoms with Crippen LogP contribution >= 0.6 is 0 Å². The van der Waals surface area contributed by atoms with Crippen molar-refractivity contribution in [1.29, 1.82) is 0 Å². The molecule has 0 unspecified atom stereocenters. The van der Waals surface area contributed by atoms with E-state index >= 15 is 0 Å². The van der Waals surface area contributed by atoms with Crippen LogP contribution in [0, 0.1) is 0 Å². The molecule has 2 aromatic rings. The number of hydrogen-bond acceptors (Lipinski definition) is 1. The molecule has 0 atom stereocenters. The molecular formula is C12H12N2. The lowest BCUT2D eigenvalue weighted by Crippen LogP contribution is -1.87. The Labute approximate surface area is 83.0 Å². The maximum atomic E-state index is 4.07. The number of aromatic amines is 1. The van der Waals surface area contributed by atoms with Gasteiger partial charge in [0, 0.05) is 5.56 Å². The first-order valence-electron chi connectivity index (χ1n) is 5.04. The lowest BCUT2D eigenvalue weighted by atomic mass is 10.0. The molecule has 0 spiro atoms. The largest absolute Gasteiger partial charge is 0.345 e. The van der Waals surface area contributed by atoms with Crippen molar-refractivity contribution < 1.29 is 0 Å². The van der Waals surface area contributed by atoms with Gasteiger partial charge in [-0.25, -0.2) is 4.98 Å². The fourth-order valence-electron chi connectivity index (χ4n) is 2.28. The van der Waals surface area contributed by atoms with E-state index in [1.54, 1.807) is 6.33 Å². The van der Waals surface area contributed by atoms with Crippen LogP contribution in [0.2, 0.25) is 0 Å². The van der Waals surface area contributed by atoms with Gasteiger partial charge >= 0.3 is 0 Å². The van der Waals surface area contributed by atoms with Crippen molar-refractivity contribution in [3.63, 3.8) is 0 Å². The number of benzene rings is 1. The van der Waals surface area contributed by atoms with Gasteiger partial charge in [0.25, 0.3) is 0 Å². The van der Waals surface area contributed by atoms with Crippen molar-refractivity contribution in [3.05, 3.63) is 41.9 Å². The summed E-state index contributed by atoms with van der Waals surface area (Å²) in [6.45, 7) is 0. The molecule has 1 aliphatic rings. The molecule has 0 radical (unpaired) electrons. The predicted octanol–water partition coefficient (Wildman–Crippen LogP) is 2.57. The minimum absolute atomic E-state index is 1.14. The minimum atomic E-state index is 1.14. The van der Waals surface area contributed by atoms with Crippen molar-refractivity contribution in [3.8, 4) is 11.3 Å².